The number of anilines is 1. The Morgan fingerprint density at radius 3 is 2.78 bits per heavy atom. The van der Waals surface area contributed by atoms with Gasteiger partial charge in [-0.05, 0) is 24.1 Å². The summed E-state index contributed by atoms with van der Waals surface area (Å²) in [5.41, 5.74) is 6.91. The number of nitrogens with two attached hydrogens (primary N) is 1. The van der Waals surface area contributed by atoms with Crippen molar-refractivity contribution in [3.63, 3.8) is 0 Å². The Morgan fingerprint density at radius 1 is 1.44 bits per heavy atom. The van der Waals surface area contributed by atoms with Gasteiger partial charge in [-0.15, -0.1) is 0 Å². The molecule has 0 spiro atoms. The molecule has 1 rings (SSSR count). The van der Waals surface area contributed by atoms with E-state index < -0.39 is 12.0 Å². The minimum atomic E-state index is -0.902. The Balaban J connectivity index is 2.67. The van der Waals surface area contributed by atoms with Gasteiger partial charge >= 0.3 is 5.97 Å². The molecule has 1 unspecified atom stereocenters. The summed E-state index contributed by atoms with van der Waals surface area (Å²) in [4.78, 5) is 22.3. The van der Waals surface area contributed by atoms with E-state index in [0.717, 1.165) is 6.42 Å². The molecule has 5 heteroatoms. The van der Waals surface area contributed by atoms with Gasteiger partial charge < -0.3 is 16.2 Å². The van der Waals surface area contributed by atoms with Crippen molar-refractivity contribution in [1.29, 1.82) is 0 Å². The number of carboxylic acid groups (broad SMARTS) is 1. The quantitative estimate of drug-likeness (QED) is 0.711. The molecule has 0 aliphatic rings. The summed E-state index contributed by atoms with van der Waals surface area (Å²) in [5.74, 6) is -1.15. The lowest BCUT2D eigenvalue weighted by Crippen LogP contribution is -2.35. The molecule has 0 saturated carbocycles. The van der Waals surface area contributed by atoms with Gasteiger partial charge in [-0.2, -0.15) is 0 Å². The number of hydrogen-bond donors (Lipinski definition) is 3. The average Bonchev–Trinajstić information content (AvgIpc) is 2.28. The fourth-order valence-corrected chi connectivity index (χ4v) is 1.61. The van der Waals surface area contributed by atoms with Crippen LogP contribution in [0.3, 0.4) is 0 Å². The minimum Gasteiger partial charge on any atom is -0.481 e. The van der Waals surface area contributed by atoms with Crippen molar-refractivity contribution in [2.24, 2.45) is 5.73 Å². The van der Waals surface area contributed by atoms with Crippen molar-refractivity contribution in [1.82, 2.24) is 0 Å². The van der Waals surface area contributed by atoms with Crippen molar-refractivity contribution in [3.8, 4) is 0 Å². The third-order valence-electron chi connectivity index (χ3n) is 2.49. The van der Waals surface area contributed by atoms with Gasteiger partial charge in [0, 0.05) is 5.69 Å². The highest BCUT2D eigenvalue weighted by Crippen LogP contribution is 2.12. The number of carbonyl (C=O) groups excluding carboxylic acids is 1. The monoisotopic (exact) mass is 250 g/mol. The van der Waals surface area contributed by atoms with E-state index in [1.54, 1.807) is 24.3 Å². The van der Waals surface area contributed by atoms with E-state index in [9.17, 15) is 9.59 Å². The number of nitrogens with one attached hydrogen (secondary N) is 1. The van der Waals surface area contributed by atoms with E-state index in [0.29, 0.717) is 17.7 Å². The van der Waals surface area contributed by atoms with Gasteiger partial charge in [0.25, 0.3) is 0 Å². The predicted molar refractivity (Wildman–Crippen MR) is 69.3 cm³/mol. The Kier molecular flexibility index (Phi) is 5.32. The molecule has 0 heterocycles. The molecule has 4 N–H and O–H groups in total. The zero-order chi connectivity index (χ0) is 13.5. The molecule has 0 fully saturated rings. The van der Waals surface area contributed by atoms with Crippen LogP contribution in [0.1, 0.15) is 25.3 Å². The van der Waals surface area contributed by atoms with Gasteiger partial charge in [-0.1, -0.05) is 25.5 Å². The molecule has 1 aromatic carbocycles. The summed E-state index contributed by atoms with van der Waals surface area (Å²) in [7, 11) is 0. The zero-order valence-corrected chi connectivity index (χ0v) is 10.3. The number of carboxylic acids is 1. The number of benzene rings is 1. The van der Waals surface area contributed by atoms with Gasteiger partial charge in [0.1, 0.15) is 0 Å². The highest BCUT2D eigenvalue weighted by Gasteiger charge is 2.12. The lowest BCUT2D eigenvalue weighted by Gasteiger charge is -2.11. The van der Waals surface area contributed by atoms with Gasteiger partial charge in [0.15, 0.2) is 0 Å². The number of rotatable bonds is 6. The number of aliphatic carboxylic acids is 1. The SMILES string of the molecule is CCCC(N)C(=O)Nc1cccc(CC(=O)O)c1. The predicted octanol–water partition coefficient (Wildman–Crippen LogP) is 1.38. The summed E-state index contributed by atoms with van der Waals surface area (Å²) in [6.07, 6.45) is 1.40. The topological polar surface area (TPSA) is 92.4 Å². The second kappa shape index (κ2) is 6.76. The normalized spacial score (nSPS) is 11.9. The molecule has 1 aromatic rings. The maximum atomic E-state index is 11.7. The summed E-state index contributed by atoms with van der Waals surface area (Å²) in [6.45, 7) is 1.96. The molecule has 0 saturated heterocycles. The fraction of sp³-hybridized carbons (Fsp3) is 0.385. The fourth-order valence-electron chi connectivity index (χ4n) is 1.61. The van der Waals surface area contributed by atoms with Crippen LogP contribution < -0.4 is 11.1 Å². The van der Waals surface area contributed by atoms with Crippen LogP contribution in [0, 0.1) is 0 Å². The lowest BCUT2D eigenvalue weighted by atomic mass is 10.1. The maximum Gasteiger partial charge on any atom is 0.307 e. The van der Waals surface area contributed by atoms with Crippen molar-refractivity contribution in [2.45, 2.75) is 32.2 Å². The van der Waals surface area contributed by atoms with Crippen molar-refractivity contribution in [2.75, 3.05) is 5.32 Å². The van der Waals surface area contributed by atoms with Gasteiger partial charge in [0.05, 0.1) is 12.5 Å². The highest BCUT2D eigenvalue weighted by atomic mass is 16.4. The number of hydrogen-bond acceptors (Lipinski definition) is 3. The van der Waals surface area contributed by atoms with E-state index in [-0.39, 0.29) is 12.3 Å². The van der Waals surface area contributed by atoms with Crippen molar-refractivity contribution < 1.29 is 14.7 Å². The van der Waals surface area contributed by atoms with E-state index in [2.05, 4.69) is 5.32 Å². The summed E-state index contributed by atoms with van der Waals surface area (Å²) >= 11 is 0. The van der Waals surface area contributed by atoms with Crippen LogP contribution >= 0.6 is 0 Å². The first-order valence-corrected chi connectivity index (χ1v) is 5.90. The van der Waals surface area contributed by atoms with Crippen LogP contribution in [0.4, 0.5) is 5.69 Å². The van der Waals surface area contributed by atoms with E-state index in [4.69, 9.17) is 10.8 Å². The first-order chi connectivity index (χ1) is 8.52. The molecule has 1 amide bonds. The molecule has 98 valence electrons. The Hall–Kier alpha value is -1.88. The molecule has 0 aromatic heterocycles. The Labute approximate surface area is 106 Å². The molecule has 5 nitrogen and oxygen atoms in total. The average molecular weight is 250 g/mol. The molecule has 0 aliphatic heterocycles. The first-order valence-electron chi connectivity index (χ1n) is 5.90. The van der Waals surface area contributed by atoms with Crippen LogP contribution in [-0.4, -0.2) is 23.0 Å². The zero-order valence-electron chi connectivity index (χ0n) is 10.3. The molecule has 0 radical (unpaired) electrons. The molecule has 1 atom stereocenters. The number of carbonyl (C=O) groups is 2. The van der Waals surface area contributed by atoms with Crippen LogP contribution in [0.5, 0.6) is 0 Å². The van der Waals surface area contributed by atoms with Crippen LogP contribution in [0.25, 0.3) is 0 Å². The Bertz CT molecular complexity index is 432. The minimum absolute atomic E-state index is 0.0648. The largest absolute Gasteiger partial charge is 0.481 e. The molecule has 18 heavy (non-hydrogen) atoms. The molecular weight excluding hydrogens is 232 g/mol. The van der Waals surface area contributed by atoms with Gasteiger partial charge in [-0.25, -0.2) is 0 Å². The second-order valence-electron chi connectivity index (χ2n) is 4.16. The van der Waals surface area contributed by atoms with Crippen LogP contribution in [0.15, 0.2) is 24.3 Å². The van der Waals surface area contributed by atoms with Crippen molar-refractivity contribution >= 4 is 17.6 Å². The summed E-state index contributed by atoms with van der Waals surface area (Å²) < 4.78 is 0. The second-order valence-corrected chi connectivity index (χ2v) is 4.16. The molecule has 0 aliphatic carbocycles. The third-order valence-corrected chi connectivity index (χ3v) is 2.49. The van der Waals surface area contributed by atoms with E-state index >= 15 is 0 Å². The van der Waals surface area contributed by atoms with Crippen LogP contribution in [-0.2, 0) is 16.0 Å². The standard InChI is InChI=1S/C13H18N2O3/c1-2-4-11(14)13(18)15-10-6-3-5-9(7-10)8-12(16)17/h3,5-7,11H,2,4,8,14H2,1H3,(H,15,18)(H,16,17). The van der Waals surface area contributed by atoms with E-state index in [1.165, 1.54) is 0 Å². The number of amides is 1. The summed E-state index contributed by atoms with van der Waals surface area (Å²) in [5, 5.41) is 11.4. The van der Waals surface area contributed by atoms with Gasteiger partial charge in [0.2, 0.25) is 5.91 Å². The van der Waals surface area contributed by atoms with Gasteiger partial charge in [-0.3, -0.25) is 9.59 Å². The Morgan fingerprint density at radius 2 is 2.17 bits per heavy atom. The van der Waals surface area contributed by atoms with Crippen LogP contribution in [0.2, 0.25) is 0 Å². The lowest BCUT2D eigenvalue weighted by molar-refractivity contribution is -0.136. The molecule has 0 bridgehead atoms. The first kappa shape index (κ1) is 14.2. The van der Waals surface area contributed by atoms with Crippen molar-refractivity contribution in [3.05, 3.63) is 29.8 Å². The summed E-state index contributed by atoms with van der Waals surface area (Å²) in [6, 6.07) is 6.24. The highest BCUT2D eigenvalue weighted by molar-refractivity contribution is 5.94. The third kappa shape index (κ3) is 4.55. The maximum absolute atomic E-state index is 11.7. The smallest absolute Gasteiger partial charge is 0.307 e. The van der Waals surface area contributed by atoms with E-state index in [1.807, 2.05) is 6.92 Å². The molecular formula is C13H18N2O3.